The second-order valence-electron chi connectivity index (χ2n) is 7.74. The Kier molecular flexibility index (Phi) is 5.85. The van der Waals surface area contributed by atoms with E-state index in [4.69, 9.17) is 9.88 Å². The van der Waals surface area contributed by atoms with Crippen molar-refractivity contribution in [2.24, 2.45) is 5.14 Å². The maximum atomic E-state index is 12.7. The molecule has 0 saturated carbocycles. The minimum Gasteiger partial charge on any atom is -0.482 e. The van der Waals surface area contributed by atoms with Crippen LogP contribution in [0.25, 0.3) is 11.3 Å². The zero-order valence-electron chi connectivity index (χ0n) is 18.3. The third kappa shape index (κ3) is 4.95. The van der Waals surface area contributed by atoms with Gasteiger partial charge in [0.1, 0.15) is 5.75 Å². The van der Waals surface area contributed by atoms with Gasteiger partial charge in [0.25, 0.3) is 5.91 Å². The zero-order chi connectivity index (χ0) is 24.4. The number of amides is 1. The number of hydrogen-bond donors (Lipinski definition) is 2. The Bertz CT molecular complexity index is 1510. The average molecular weight is 489 g/mol. The number of nitrogens with two attached hydrogens (primary N) is 1. The van der Waals surface area contributed by atoms with Gasteiger partial charge in [0, 0.05) is 23.6 Å². The molecule has 0 radical (unpaired) electrons. The van der Waals surface area contributed by atoms with Crippen LogP contribution in [0.15, 0.2) is 84.0 Å². The first-order valence-corrected chi connectivity index (χ1v) is 12.1. The maximum absolute atomic E-state index is 12.7. The fourth-order valence-electron chi connectivity index (χ4n) is 3.65. The van der Waals surface area contributed by atoms with E-state index in [2.05, 4.69) is 20.3 Å². The summed E-state index contributed by atoms with van der Waals surface area (Å²) in [4.78, 5) is 27.4. The van der Waals surface area contributed by atoms with Crippen molar-refractivity contribution in [3.05, 3.63) is 84.8 Å². The number of benzene rings is 2. The maximum Gasteiger partial charge on any atom is 0.265 e. The standard InChI is InChI=1S/C24H20N6O4S/c25-35(32,33)19-6-3-5-17(13-19)28-24-27-11-9-20(29-24)16-7-8-22-21(12-16)30(23(31)15-34-22)14-18-4-1-2-10-26-18/h1-13H,14-15H2,(H2,25,32,33)(H,27,28,29). The Balaban J connectivity index is 1.45. The smallest absolute Gasteiger partial charge is 0.265 e. The molecule has 3 N–H and O–H groups in total. The van der Waals surface area contributed by atoms with Crippen molar-refractivity contribution in [3.63, 3.8) is 0 Å². The molecule has 10 nitrogen and oxygen atoms in total. The Morgan fingerprint density at radius 3 is 2.69 bits per heavy atom. The Labute approximate surface area is 201 Å². The highest BCUT2D eigenvalue weighted by Crippen LogP contribution is 2.36. The molecule has 1 amide bonds. The Hall–Kier alpha value is -4.35. The van der Waals surface area contributed by atoms with E-state index in [0.717, 1.165) is 11.3 Å². The molecule has 3 heterocycles. The summed E-state index contributed by atoms with van der Waals surface area (Å²) in [5.74, 6) is 0.695. The minimum atomic E-state index is -3.84. The summed E-state index contributed by atoms with van der Waals surface area (Å²) < 4.78 is 28.9. The predicted molar refractivity (Wildman–Crippen MR) is 129 cm³/mol. The van der Waals surface area contributed by atoms with E-state index < -0.39 is 10.0 Å². The third-order valence-electron chi connectivity index (χ3n) is 5.32. The Morgan fingerprint density at radius 1 is 1.00 bits per heavy atom. The van der Waals surface area contributed by atoms with Crippen LogP contribution in [0.3, 0.4) is 0 Å². The number of pyridine rings is 1. The van der Waals surface area contributed by atoms with Gasteiger partial charge in [-0.3, -0.25) is 14.7 Å². The van der Waals surface area contributed by atoms with Crippen LogP contribution < -0.4 is 20.1 Å². The molecular formula is C24H20N6O4S. The fraction of sp³-hybridized carbons (Fsp3) is 0.0833. The topological polar surface area (TPSA) is 140 Å². The van der Waals surface area contributed by atoms with Gasteiger partial charge in [0.15, 0.2) is 6.61 Å². The molecule has 0 bridgehead atoms. The van der Waals surface area contributed by atoms with Gasteiger partial charge in [-0.05, 0) is 54.6 Å². The highest BCUT2D eigenvalue weighted by atomic mass is 32.2. The molecule has 0 unspecified atom stereocenters. The van der Waals surface area contributed by atoms with Crippen LogP contribution in [0.1, 0.15) is 5.69 Å². The van der Waals surface area contributed by atoms with Crippen molar-refractivity contribution in [3.8, 4) is 17.0 Å². The van der Waals surface area contributed by atoms with E-state index in [-0.39, 0.29) is 23.4 Å². The van der Waals surface area contributed by atoms with E-state index >= 15 is 0 Å². The average Bonchev–Trinajstić information content (AvgIpc) is 2.86. The first-order valence-electron chi connectivity index (χ1n) is 10.6. The van der Waals surface area contributed by atoms with Crippen LogP contribution in [0.2, 0.25) is 0 Å². The van der Waals surface area contributed by atoms with Gasteiger partial charge in [-0.15, -0.1) is 0 Å². The second-order valence-corrected chi connectivity index (χ2v) is 9.30. The molecular weight excluding hydrogens is 468 g/mol. The summed E-state index contributed by atoms with van der Waals surface area (Å²) in [6.07, 6.45) is 3.27. The lowest BCUT2D eigenvalue weighted by Crippen LogP contribution is -2.38. The molecule has 4 aromatic rings. The summed E-state index contributed by atoms with van der Waals surface area (Å²) in [7, 11) is -3.84. The summed E-state index contributed by atoms with van der Waals surface area (Å²) in [6.45, 7) is 0.273. The number of ether oxygens (including phenoxy) is 1. The number of nitrogens with one attached hydrogen (secondary N) is 1. The number of nitrogens with zero attached hydrogens (tertiary/aromatic N) is 4. The van der Waals surface area contributed by atoms with Gasteiger partial charge in [0.05, 0.1) is 28.5 Å². The number of sulfonamides is 1. The number of carbonyl (C=O) groups excluding carboxylic acids is 1. The third-order valence-corrected chi connectivity index (χ3v) is 6.23. The predicted octanol–water partition coefficient (Wildman–Crippen LogP) is 2.86. The number of rotatable bonds is 6. The van der Waals surface area contributed by atoms with Crippen molar-refractivity contribution in [2.45, 2.75) is 11.4 Å². The summed E-state index contributed by atoms with van der Waals surface area (Å²) in [6, 6.07) is 18.8. The summed E-state index contributed by atoms with van der Waals surface area (Å²) in [5, 5.41) is 8.21. The molecule has 1 aliphatic rings. The van der Waals surface area contributed by atoms with Crippen molar-refractivity contribution < 1.29 is 17.9 Å². The number of aromatic nitrogens is 3. The number of primary sulfonamides is 1. The lowest BCUT2D eigenvalue weighted by atomic mass is 10.1. The van der Waals surface area contributed by atoms with Gasteiger partial charge >= 0.3 is 0 Å². The van der Waals surface area contributed by atoms with Crippen molar-refractivity contribution in [2.75, 3.05) is 16.8 Å². The zero-order valence-corrected chi connectivity index (χ0v) is 19.1. The largest absolute Gasteiger partial charge is 0.482 e. The SMILES string of the molecule is NS(=O)(=O)c1cccc(Nc2nccc(-c3ccc4c(c3)N(Cc3ccccn3)C(=O)CO4)n2)c1. The monoisotopic (exact) mass is 488 g/mol. The van der Waals surface area contributed by atoms with Crippen LogP contribution >= 0.6 is 0 Å². The molecule has 5 rings (SSSR count). The van der Waals surface area contributed by atoms with Crippen LogP contribution in [0.5, 0.6) is 5.75 Å². The first kappa shape index (κ1) is 22.4. The lowest BCUT2D eigenvalue weighted by Gasteiger charge is -2.29. The van der Waals surface area contributed by atoms with Crippen LogP contribution in [-0.2, 0) is 21.4 Å². The quantitative estimate of drug-likeness (QED) is 0.422. The molecule has 0 fully saturated rings. The van der Waals surface area contributed by atoms with Crippen molar-refractivity contribution in [1.82, 2.24) is 15.0 Å². The Morgan fingerprint density at radius 2 is 1.89 bits per heavy atom. The van der Waals surface area contributed by atoms with E-state index in [9.17, 15) is 13.2 Å². The number of fused-ring (bicyclic) bond motifs is 1. The fourth-order valence-corrected chi connectivity index (χ4v) is 4.21. The molecule has 35 heavy (non-hydrogen) atoms. The summed E-state index contributed by atoms with van der Waals surface area (Å²) >= 11 is 0. The van der Waals surface area contributed by atoms with E-state index in [1.807, 2.05) is 30.3 Å². The molecule has 11 heteroatoms. The summed E-state index contributed by atoms with van der Waals surface area (Å²) in [5.41, 5.74) is 3.20. The number of hydrogen-bond acceptors (Lipinski definition) is 8. The molecule has 1 aliphatic heterocycles. The van der Waals surface area contributed by atoms with E-state index in [0.29, 0.717) is 29.4 Å². The number of anilines is 3. The van der Waals surface area contributed by atoms with Gasteiger partial charge in [-0.25, -0.2) is 23.5 Å². The highest BCUT2D eigenvalue weighted by molar-refractivity contribution is 7.89. The van der Waals surface area contributed by atoms with Gasteiger partial charge in [-0.1, -0.05) is 12.1 Å². The molecule has 2 aromatic heterocycles. The second kappa shape index (κ2) is 9.12. The molecule has 176 valence electrons. The lowest BCUT2D eigenvalue weighted by molar-refractivity contribution is -0.121. The van der Waals surface area contributed by atoms with Gasteiger partial charge < -0.3 is 10.1 Å². The minimum absolute atomic E-state index is 0.0222. The highest BCUT2D eigenvalue weighted by Gasteiger charge is 2.26. The normalized spacial score (nSPS) is 13.2. The van der Waals surface area contributed by atoms with Crippen molar-refractivity contribution >= 4 is 33.3 Å². The van der Waals surface area contributed by atoms with E-state index in [1.54, 1.807) is 41.6 Å². The molecule has 0 aliphatic carbocycles. The van der Waals surface area contributed by atoms with Gasteiger partial charge in [-0.2, -0.15) is 0 Å². The van der Waals surface area contributed by atoms with Gasteiger partial charge in [0.2, 0.25) is 16.0 Å². The van der Waals surface area contributed by atoms with Crippen molar-refractivity contribution in [1.29, 1.82) is 0 Å². The molecule has 0 saturated heterocycles. The van der Waals surface area contributed by atoms with E-state index in [1.165, 1.54) is 12.1 Å². The number of carbonyl (C=O) groups is 1. The van der Waals surface area contributed by atoms with Crippen LogP contribution in [0.4, 0.5) is 17.3 Å². The molecule has 2 aromatic carbocycles. The van der Waals surface area contributed by atoms with Crippen LogP contribution in [0, 0.1) is 0 Å². The van der Waals surface area contributed by atoms with Crippen LogP contribution in [-0.4, -0.2) is 35.9 Å². The molecule has 0 atom stereocenters. The molecule has 0 spiro atoms. The first-order chi connectivity index (χ1) is 16.9.